The van der Waals surface area contributed by atoms with Crippen molar-refractivity contribution in [1.82, 2.24) is 0 Å². The van der Waals surface area contributed by atoms with Gasteiger partial charge in [0.15, 0.2) is 11.6 Å². The third kappa shape index (κ3) is 3.30. The Morgan fingerprint density at radius 3 is 2.00 bits per heavy atom. The maximum Gasteiger partial charge on any atom is 0.197 e. The van der Waals surface area contributed by atoms with Gasteiger partial charge in [-0.15, -0.1) is 22.7 Å². The molecule has 0 amide bonds. The molecular weight excluding hydrogens is 432 g/mol. The molecule has 160 valence electrons. The lowest BCUT2D eigenvalue weighted by molar-refractivity contribution is 0.0990. The molecule has 5 rings (SSSR count). The highest BCUT2D eigenvalue weighted by Crippen LogP contribution is 2.42. The van der Waals surface area contributed by atoms with Crippen LogP contribution in [0.2, 0.25) is 0 Å². The van der Waals surface area contributed by atoms with Crippen LogP contribution in [0.15, 0.2) is 42.0 Å². The van der Waals surface area contributed by atoms with E-state index in [1.807, 2.05) is 19.1 Å². The summed E-state index contributed by atoms with van der Waals surface area (Å²) in [7, 11) is 0. The Morgan fingerprint density at radius 1 is 0.750 bits per heavy atom. The molecule has 0 N–H and O–H groups in total. The molecule has 4 heteroatoms. The number of carbonyl (C=O) groups excluding carboxylic acids is 2. The number of benzene rings is 2. The minimum absolute atomic E-state index is 0.150. The van der Waals surface area contributed by atoms with Crippen LogP contribution < -0.4 is 0 Å². The first-order valence-corrected chi connectivity index (χ1v) is 12.5. The lowest BCUT2D eigenvalue weighted by Gasteiger charge is -2.09. The Labute approximate surface area is 196 Å². The van der Waals surface area contributed by atoms with Crippen molar-refractivity contribution >= 4 is 49.7 Å². The van der Waals surface area contributed by atoms with E-state index in [4.69, 9.17) is 0 Å². The van der Waals surface area contributed by atoms with Gasteiger partial charge in [0.05, 0.1) is 5.57 Å². The number of carbonyl (C=O) groups is 2. The van der Waals surface area contributed by atoms with Gasteiger partial charge in [0, 0.05) is 30.3 Å². The molecule has 0 atom stereocenters. The number of fused-ring (bicyclic) bond motifs is 2. The van der Waals surface area contributed by atoms with E-state index in [0.29, 0.717) is 11.1 Å². The predicted molar refractivity (Wildman–Crippen MR) is 137 cm³/mol. The molecule has 0 spiro atoms. The van der Waals surface area contributed by atoms with Crippen molar-refractivity contribution in [1.29, 1.82) is 0 Å². The first kappa shape index (κ1) is 21.0. The van der Waals surface area contributed by atoms with Crippen LogP contribution in [0.5, 0.6) is 0 Å². The summed E-state index contributed by atoms with van der Waals surface area (Å²) < 4.78 is 2.38. The van der Waals surface area contributed by atoms with Crippen LogP contribution in [-0.2, 0) is 6.42 Å². The van der Waals surface area contributed by atoms with Gasteiger partial charge >= 0.3 is 0 Å². The molecular formula is C28H24O2S2. The minimum atomic E-state index is -0.154. The fourth-order valence-electron chi connectivity index (χ4n) is 4.79. The number of allylic oxidation sites excluding steroid dienone is 1. The Balaban J connectivity index is 1.52. The average Bonchev–Trinajstić information content (AvgIpc) is 3.34. The molecule has 1 aliphatic carbocycles. The molecule has 2 aromatic carbocycles. The Bertz CT molecular complexity index is 1420. The molecule has 2 heterocycles. The largest absolute Gasteiger partial charge is 0.288 e. The summed E-state index contributed by atoms with van der Waals surface area (Å²) >= 11 is 3.41. The van der Waals surface area contributed by atoms with Gasteiger partial charge in [-0.25, -0.2) is 0 Å². The Morgan fingerprint density at radius 2 is 1.38 bits per heavy atom. The summed E-state index contributed by atoms with van der Waals surface area (Å²) in [6, 6.07) is 12.6. The lowest BCUT2D eigenvalue weighted by atomic mass is 9.99. The van der Waals surface area contributed by atoms with E-state index >= 15 is 0 Å². The van der Waals surface area contributed by atoms with Crippen LogP contribution in [0.1, 0.15) is 60.3 Å². The Hall–Kier alpha value is -2.82. The third-order valence-corrected chi connectivity index (χ3v) is 8.53. The van der Waals surface area contributed by atoms with E-state index in [1.54, 1.807) is 28.7 Å². The normalized spacial score (nSPS) is 14.7. The average molecular weight is 457 g/mol. The van der Waals surface area contributed by atoms with Crippen molar-refractivity contribution in [2.24, 2.45) is 0 Å². The van der Waals surface area contributed by atoms with Crippen molar-refractivity contribution in [3.05, 3.63) is 85.8 Å². The van der Waals surface area contributed by atoms with Gasteiger partial charge in [-0.3, -0.25) is 9.59 Å². The topological polar surface area (TPSA) is 34.1 Å². The van der Waals surface area contributed by atoms with E-state index in [9.17, 15) is 9.59 Å². The number of aryl methyl sites for hydroxylation is 5. The minimum Gasteiger partial charge on any atom is -0.288 e. The molecule has 2 nitrogen and oxygen atoms in total. The van der Waals surface area contributed by atoms with Gasteiger partial charge in [-0.05, 0) is 92.3 Å². The van der Waals surface area contributed by atoms with Gasteiger partial charge < -0.3 is 0 Å². The molecule has 0 aliphatic heterocycles. The third-order valence-electron chi connectivity index (χ3n) is 6.27. The zero-order chi connectivity index (χ0) is 22.7. The molecule has 2 aromatic heterocycles. The van der Waals surface area contributed by atoms with Gasteiger partial charge in [-0.2, -0.15) is 0 Å². The van der Waals surface area contributed by atoms with Crippen LogP contribution in [0, 0.1) is 27.7 Å². The van der Waals surface area contributed by atoms with Gasteiger partial charge in [-0.1, -0.05) is 24.6 Å². The molecule has 0 unspecified atom stereocenters. The number of hydrogen-bond donors (Lipinski definition) is 0. The lowest BCUT2D eigenvalue weighted by Crippen LogP contribution is -1.99. The maximum absolute atomic E-state index is 13.0. The molecule has 4 aromatic rings. The summed E-state index contributed by atoms with van der Waals surface area (Å²) in [5.41, 5.74) is 8.74. The zero-order valence-corrected chi connectivity index (χ0v) is 20.5. The van der Waals surface area contributed by atoms with E-state index in [2.05, 4.69) is 52.0 Å². The van der Waals surface area contributed by atoms with Crippen molar-refractivity contribution < 1.29 is 9.59 Å². The summed E-state index contributed by atoms with van der Waals surface area (Å²) in [6.45, 7) is 10.5. The molecule has 0 saturated heterocycles. The van der Waals surface area contributed by atoms with Crippen LogP contribution >= 0.6 is 22.7 Å². The molecule has 0 fully saturated rings. The number of rotatable bonds is 3. The predicted octanol–water partition coefficient (Wildman–Crippen LogP) is 7.89. The summed E-state index contributed by atoms with van der Waals surface area (Å²) in [5, 5.41) is 0. The first-order chi connectivity index (χ1) is 15.3. The number of Topliss-reactive ketones (excluding diaryl/α,β-unsaturated/α-hetero) is 2. The maximum atomic E-state index is 13.0. The van der Waals surface area contributed by atoms with E-state index in [1.165, 1.54) is 36.5 Å². The molecule has 1 aliphatic rings. The second kappa shape index (κ2) is 7.65. The molecule has 0 bridgehead atoms. The highest BCUT2D eigenvalue weighted by atomic mass is 32.1. The van der Waals surface area contributed by atoms with Crippen LogP contribution in [0.4, 0.5) is 0 Å². The van der Waals surface area contributed by atoms with Crippen LogP contribution in [0.25, 0.3) is 25.9 Å². The van der Waals surface area contributed by atoms with Gasteiger partial charge in [0.25, 0.3) is 0 Å². The second-order valence-corrected chi connectivity index (χ2v) is 10.9. The van der Waals surface area contributed by atoms with E-state index < -0.39 is 0 Å². The van der Waals surface area contributed by atoms with E-state index in [0.717, 1.165) is 22.4 Å². The zero-order valence-electron chi connectivity index (χ0n) is 18.9. The van der Waals surface area contributed by atoms with Crippen LogP contribution in [0.3, 0.4) is 0 Å². The number of thiophene rings is 2. The smallest absolute Gasteiger partial charge is 0.197 e. The summed E-state index contributed by atoms with van der Waals surface area (Å²) in [4.78, 5) is 28.2. The highest BCUT2D eigenvalue weighted by Gasteiger charge is 2.33. The quantitative estimate of drug-likeness (QED) is 0.232. The first-order valence-electron chi connectivity index (χ1n) is 10.8. The second-order valence-electron chi connectivity index (χ2n) is 8.66. The van der Waals surface area contributed by atoms with Crippen molar-refractivity contribution in [3.63, 3.8) is 0 Å². The molecule has 32 heavy (non-hydrogen) atoms. The standard InChI is InChI=1S/C28H24O2S2/c1-6-18-10-21-20(9-15(18)3)27(29)22(28(21)30)11-19-12-23-24(31-19)13-25(32-23)26-16(4)7-14(2)8-17(26)5/h7-13H,6H2,1-5H3/b22-11-. The van der Waals surface area contributed by atoms with Crippen molar-refractivity contribution in [3.8, 4) is 10.4 Å². The van der Waals surface area contributed by atoms with Gasteiger partial charge in [0.1, 0.15) is 0 Å². The molecule has 0 saturated carbocycles. The van der Waals surface area contributed by atoms with Crippen molar-refractivity contribution in [2.75, 3.05) is 0 Å². The highest BCUT2D eigenvalue weighted by molar-refractivity contribution is 7.29. The summed E-state index contributed by atoms with van der Waals surface area (Å²) in [6.07, 6.45) is 2.63. The fourth-order valence-corrected chi connectivity index (χ4v) is 7.32. The summed E-state index contributed by atoms with van der Waals surface area (Å²) in [5.74, 6) is -0.304. The number of hydrogen-bond acceptors (Lipinski definition) is 4. The monoisotopic (exact) mass is 456 g/mol. The van der Waals surface area contributed by atoms with E-state index in [-0.39, 0.29) is 17.1 Å². The number of ketones is 2. The Kier molecular flexibility index (Phi) is 5.03. The van der Waals surface area contributed by atoms with Crippen LogP contribution in [-0.4, -0.2) is 11.6 Å². The van der Waals surface area contributed by atoms with Crippen molar-refractivity contribution in [2.45, 2.75) is 41.0 Å². The SMILES string of the molecule is CCc1cc2c(cc1C)C(=O)/C(=C/c1cc3sc(-c4c(C)cc(C)cc4C)cc3s1)C2=O. The fraction of sp³-hybridized carbons (Fsp3) is 0.214. The van der Waals surface area contributed by atoms with Gasteiger partial charge in [0.2, 0.25) is 0 Å². The molecule has 0 radical (unpaired) electrons.